The highest BCUT2D eigenvalue weighted by Gasteiger charge is 2.33. The van der Waals surface area contributed by atoms with Crippen molar-refractivity contribution in [2.24, 2.45) is 11.8 Å². The largest absolute Gasteiger partial charge is 0.433 e. The van der Waals surface area contributed by atoms with Crippen LogP contribution in [0.25, 0.3) is 0 Å². The number of carbonyl (C=O) groups is 1. The van der Waals surface area contributed by atoms with Gasteiger partial charge in [0.25, 0.3) is 0 Å². The van der Waals surface area contributed by atoms with E-state index in [2.05, 4.69) is 10.3 Å². The van der Waals surface area contributed by atoms with Crippen molar-refractivity contribution in [2.45, 2.75) is 19.6 Å². The highest BCUT2D eigenvalue weighted by Crippen LogP contribution is 2.27. The van der Waals surface area contributed by atoms with Crippen LogP contribution in [0.3, 0.4) is 0 Å². The van der Waals surface area contributed by atoms with Crippen LogP contribution in [0, 0.1) is 11.8 Å². The van der Waals surface area contributed by atoms with Crippen LogP contribution in [0.1, 0.15) is 18.3 Å². The summed E-state index contributed by atoms with van der Waals surface area (Å²) in [7, 11) is 0. The van der Waals surface area contributed by atoms with Crippen molar-refractivity contribution in [2.75, 3.05) is 19.7 Å². The third-order valence-electron chi connectivity index (χ3n) is 3.81. The minimum Gasteiger partial charge on any atom is -0.396 e. The Balaban J connectivity index is 1.92. The van der Waals surface area contributed by atoms with E-state index in [1.165, 1.54) is 12.1 Å². The molecule has 0 bridgehead atoms. The summed E-state index contributed by atoms with van der Waals surface area (Å²) in [6.45, 7) is 2.85. The molecule has 1 aliphatic rings. The van der Waals surface area contributed by atoms with Crippen molar-refractivity contribution in [3.05, 3.63) is 29.6 Å². The Kier molecular flexibility index (Phi) is 4.90. The monoisotopic (exact) mass is 317 g/mol. The average Bonchev–Trinajstić information content (AvgIpc) is 2.85. The van der Waals surface area contributed by atoms with E-state index in [0.717, 1.165) is 6.07 Å². The lowest BCUT2D eigenvalue weighted by atomic mass is 10.00. The van der Waals surface area contributed by atoms with Gasteiger partial charge in [0, 0.05) is 25.6 Å². The third kappa shape index (κ3) is 3.88. The number of likely N-dealkylation sites (tertiary alicyclic amines) is 1. The Bertz CT molecular complexity index is 536. The van der Waals surface area contributed by atoms with E-state index in [9.17, 15) is 23.1 Å². The number of amides is 2. The summed E-state index contributed by atoms with van der Waals surface area (Å²) in [6.07, 6.45) is -4.50. The second-order valence-corrected chi connectivity index (χ2v) is 5.50. The molecule has 1 fully saturated rings. The topological polar surface area (TPSA) is 65.5 Å². The maximum absolute atomic E-state index is 12.6. The van der Waals surface area contributed by atoms with Gasteiger partial charge in [-0.3, -0.25) is 0 Å². The summed E-state index contributed by atoms with van der Waals surface area (Å²) in [5, 5.41) is 11.7. The zero-order valence-corrected chi connectivity index (χ0v) is 12.1. The predicted molar refractivity (Wildman–Crippen MR) is 72.8 cm³/mol. The standard InChI is InChI=1S/C14H18F3N3O2/c1-9-6-20(7-10(9)8-21)13(22)18-5-11-3-2-4-12(19-11)14(15,16)17/h2-4,9-10,21H,5-8H2,1H3,(H,18,22)/t9-,10+/m1/s1. The number of hydrogen-bond donors (Lipinski definition) is 2. The fraction of sp³-hybridized carbons (Fsp3) is 0.571. The van der Waals surface area contributed by atoms with E-state index in [1.54, 1.807) is 4.90 Å². The molecule has 8 heteroatoms. The molecule has 122 valence electrons. The van der Waals surface area contributed by atoms with Crippen LogP contribution in [-0.2, 0) is 12.7 Å². The molecule has 0 saturated carbocycles. The van der Waals surface area contributed by atoms with E-state index in [0.29, 0.717) is 13.1 Å². The molecule has 0 aromatic carbocycles. The van der Waals surface area contributed by atoms with Gasteiger partial charge in [-0.25, -0.2) is 9.78 Å². The zero-order valence-electron chi connectivity index (χ0n) is 12.1. The number of nitrogens with zero attached hydrogens (tertiary/aromatic N) is 2. The second-order valence-electron chi connectivity index (χ2n) is 5.50. The Morgan fingerprint density at radius 3 is 2.77 bits per heavy atom. The van der Waals surface area contributed by atoms with Crippen molar-refractivity contribution in [1.82, 2.24) is 15.2 Å². The van der Waals surface area contributed by atoms with Crippen LogP contribution in [0.5, 0.6) is 0 Å². The summed E-state index contributed by atoms with van der Waals surface area (Å²) in [4.78, 5) is 17.0. The van der Waals surface area contributed by atoms with Crippen LogP contribution in [0.4, 0.5) is 18.0 Å². The highest BCUT2D eigenvalue weighted by atomic mass is 19.4. The number of carbonyl (C=O) groups excluding carboxylic acids is 1. The fourth-order valence-corrected chi connectivity index (χ4v) is 2.45. The molecule has 1 aromatic heterocycles. The minimum atomic E-state index is -4.50. The molecule has 2 heterocycles. The van der Waals surface area contributed by atoms with Crippen LogP contribution in [-0.4, -0.2) is 40.7 Å². The first kappa shape index (κ1) is 16.5. The fourth-order valence-electron chi connectivity index (χ4n) is 2.45. The van der Waals surface area contributed by atoms with Crippen molar-refractivity contribution in [3.63, 3.8) is 0 Å². The average molecular weight is 317 g/mol. The van der Waals surface area contributed by atoms with Gasteiger partial charge in [0.1, 0.15) is 5.69 Å². The number of aliphatic hydroxyl groups is 1. The van der Waals surface area contributed by atoms with Crippen LogP contribution < -0.4 is 5.32 Å². The molecule has 22 heavy (non-hydrogen) atoms. The number of nitrogens with one attached hydrogen (secondary N) is 1. The lowest BCUT2D eigenvalue weighted by Crippen LogP contribution is -2.38. The van der Waals surface area contributed by atoms with E-state index >= 15 is 0 Å². The molecular weight excluding hydrogens is 299 g/mol. The molecule has 2 rings (SSSR count). The lowest BCUT2D eigenvalue weighted by molar-refractivity contribution is -0.141. The molecule has 1 aliphatic heterocycles. The van der Waals surface area contributed by atoms with E-state index in [1.807, 2.05) is 6.92 Å². The van der Waals surface area contributed by atoms with E-state index in [-0.39, 0.29) is 36.7 Å². The Hall–Kier alpha value is -1.83. The molecule has 1 aromatic rings. The molecule has 2 atom stereocenters. The van der Waals surface area contributed by atoms with Crippen molar-refractivity contribution >= 4 is 6.03 Å². The van der Waals surface area contributed by atoms with Gasteiger partial charge in [0.2, 0.25) is 0 Å². The molecule has 0 spiro atoms. The van der Waals surface area contributed by atoms with Crippen molar-refractivity contribution < 1.29 is 23.1 Å². The number of hydrogen-bond acceptors (Lipinski definition) is 3. The number of pyridine rings is 1. The summed E-state index contributed by atoms with van der Waals surface area (Å²) >= 11 is 0. The molecule has 0 aliphatic carbocycles. The Morgan fingerprint density at radius 1 is 1.45 bits per heavy atom. The maximum atomic E-state index is 12.6. The molecule has 2 N–H and O–H groups in total. The highest BCUT2D eigenvalue weighted by molar-refractivity contribution is 5.74. The molecular formula is C14H18F3N3O2. The van der Waals surface area contributed by atoms with Crippen LogP contribution in [0.2, 0.25) is 0 Å². The van der Waals surface area contributed by atoms with Crippen molar-refractivity contribution in [1.29, 1.82) is 0 Å². The van der Waals surface area contributed by atoms with Gasteiger partial charge >= 0.3 is 12.2 Å². The third-order valence-corrected chi connectivity index (χ3v) is 3.81. The molecule has 0 unspecified atom stereocenters. The first-order chi connectivity index (χ1) is 10.3. The SMILES string of the molecule is C[C@@H]1CN(C(=O)NCc2cccc(C(F)(F)F)n2)C[C@H]1CO. The first-order valence-corrected chi connectivity index (χ1v) is 6.98. The van der Waals surface area contributed by atoms with Gasteiger partial charge in [0.15, 0.2) is 0 Å². The minimum absolute atomic E-state index is 0.0140. The van der Waals surface area contributed by atoms with Gasteiger partial charge in [0.05, 0.1) is 12.2 Å². The molecule has 5 nitrogen and oxygen atoms in total. The summed E-state index contributed by atoms with van der Waals surface area (Å²) in [5.74, 6) is 0.236. The van der Waals surface area contributed by atoms with Gasteiger partial charge in [-0.15, -0.1) is 0 Å². The summed E-state index contributed by atoms with van der Waals surface area (Å²) in [5.41, 5.74) is -0.830. The normalized spacial score (nSPS) is 22.0. The summed E-state index contributed by atoms with van der Waals surface area (Å²) in [6, 6.07) is 3.22. The number of alkyl halides is 3. The number of aliphatic hydroxyl groups excluding tert-OH is 1. The quantitative estimate of drug-likeness (QED) is 0.894. The second kappa shape index (κ2) is 6.51. The predicted octanol–water partition coefficient (Wildman–Crippen LogP) is 1.87. The van der Waals surface area contributed by atoms with E-state index in [4.69, 9.17) is 0 Å². The summed E-state index contributed by atoms with van der Waals surface area (Å²) < 4.78 is 37.7. The molecule has 2 amide bonds. The molecule has 0 radical (unpaired) electrons. The maximum Gasteiger partial charge on any atom is 0.433 e. The van der Waals surface area contributed by atoms with Crippen LogP contribution in [0.15, 0.2) is 18.2 Å². The number of halogens is 3. The number of urea groups is 1. The van der Waals surface area contributed by atoms with Gasteiger partial charge in [-0.2, -0.15) is 13.2 Å². The number of aromatic nitrogens is 1. The molecule has 1 saturated heterocycles. The van der Waals surface area contributed by atoms with Crippen molar-refractivity contribution in [3.8, 4) is 0 Å². The zero-order chi connectivity index (χ0) is 16.3. The lowest BCUT2D eigenvalue weighted by Gasteiger charge is -2.17. The van der Waals surface area contributed by atoms with Gasteiger partial charge in [-0.1, -0.05) is 13.0 Å². The first-order valence-electron chi connectivity index (χ1n) is 6.98. The Labute approximate surface area is 126 Å². The van der Waals surface area contributed by atoms with E-state index < -0.39 is 11.9 Å². The van der Waals surface area contributed by atoms with Crippen LogP contribution >= 0.6 is 0 Å². The Morgan fingerprint density at radius 2 is 2.18 bits per heavy atom. The smallest absolute Gasteiger partial charge is 0.396 e. The number of rotatable bonds is 3. The van der Waals surface area contributed by atoms with Gasteiger partial charge < -0.3 is 15.3 Å². The van der Waals surface area contributed by atoms with Gasteiger partial charge in [-0.05, 0) is 18.1 Å².